The van der Waals surface area contributed by atoms with E-state index in [2.05, 4.69) is 0 Å². The summed E-state index contributed by atoms with van der Waals surface area (Å²) in [6, 6.07) is 0. The fourth-order valence-corrected chi connectivity index (χ4v) is 1.16. The zero-order chi connectivity index (χ0) is 10.4. The topological polar surface area (TPSA) is 17.1 Å². The largest absolute Gasteiger partial charge is 0.290 e. The molecule has 1 unspecified atom stereocenters. The van der Waals surface area contributed by atoms with Gasteiger partial charge in [0.15, 0.2) is 17.3 Å². The molecule has 0 N–H and O–H groups in total. The van der Waals surface area contributed by atoms with Gasteiger partial charge in [-0.05, 0) is 20.8 Å². The van der Waals surface area contributed by atoms with E-state index >= 15 is 0 Å². The van der Waals surface area contributed by atoms with E-state index in [0.29, 0.717) is 0 Å². The molecule has 0 fully saturated rings. The third kappa shape index (κ3) is 1.20. The van der Waals surface area contributed by atoms with Crippen LogP contribution in [0, 0.1) is 0 Å². The summed E-state index contributed by atoms with van der Waals surface area (Å²) in [5.41, 5.74) is -3.40. The Morgan fingerprint density at radius 3 is 2.08 bits per heavy atom. The Balaban J connectivity index is 3.41. The third-order valence-electron chi connectivity index (χ3n) is 2.32. The zero-order valence-electron chi connectivity index (χ0n) is 7.54. The Kier molecular flexibility index (Phi) is 2.10. The summed E-state index contributed by atoms with van der Waals surface area (Å²) in [6.45, 7) is 3.07. The number of alkyl halides is 1. The van der Waals surface area contributed by atoms with Gasteiger partial charge in [-0.2, -0.15) is 0 Å². The number of Topliss-reactive ketones (excluding diaryl/α,β-unsaturated/α-hetero) is 1. The summed E-state index contributed by atoms with van der Waals surface area (Å²) in [4.78, 5) is 11.1. The molecule has 1 aliphatic rings. The monoisotopic (exact) mass is 190 g/mol. The summed E-state index contributed by atoms with van der Waals surface area (Å²) in [5, 5.41) is 0. The minimum atomic E-state index is -2.41. The van der Waals surface area contributed by atoms with Crippen LogP contribution in [0.5, 0.6) is 0 Å². The first-order valence-corrected chi connectivity index (χ1v) is 3.77. The van der Waals surface area contributed by atoms with Crippen LogP contribution in [0.4, 0.5) is 13.2 Å². The van der Waals surface area contributed by atoms with Gasteiger partial charge in [0.1, 0.15) is 0 Å². The third-order valence-corrected chi connectivity index (χ3v) is 2.32. The van der Waals surface area contributed by atoms with Crippen molar-refractivity contribution in [2.45, 2.75) is 26.4 Å². The average Bonchev–Trinajstić information content (AvgIpc) is 2.09. The summed E-state index contributed by atoms with van der Waals surface area (Å²) in [7, 11) is 0. The number of rotatable bonds is 0. The second-order valence-corrected chi connectivity index (χ2v) is 3.21. The van der Waals surface area contributed by atoms with Gasteiger partial charge in [0.25, 0.3) is 0 Å². The number of halogens is 3. The van der Waals surface area contributed by atoms with Crippen LogP contribution in [-0.4, -0.2) is 11.5 Å². The van der Waals surface area contributed by atoms with E-state index < -0.39 is 34.3 Å². The predicted molar refractivity (Wildman–Crippen MR) is 42.1 cm³/mol. The van der Waals surface area contributed by atoms with Crippen molar-refractivity contribution in [3.8, 4) is 0 Å². The van der Waals surface area contributed by atoms with Crippen LogP contribution in [0.1, 0.15) is 20.8 Å². The molecule has 0 bridgehead atoms. The second kappa shape index (κ2) is 2.72. The molecule has 1 aliphatic carbocycles. The highest BCUT2D eigenvalue weighted by atomic mass is 19.2. The van der Waals surface area contributed by atoms with Gasteiger partial charge in [-0.3, -0.25) is 4.79 Å². The molecular weight excluding hydrogens is 181 g/mol. The van der Waals surface area contributed by atoms with Crippen LogP contribution < -0.4 is 0 Å². The average molecular weight is 190 g/mol. The number of carbonyl (C=O) groups excluding carboxylic acids is 1. The minimum absolute atomic E-state index is 0.492. The molecule has 0 aromatic rings. The molecule has 0 saturated carbocycles. The van der Waals surface area contributed by atoms with Crippen LogP contribution in [0.3, 0.4) is 0 Å². The van der Waals surface area contributed by atoms with E-state index in [-0.39, 0.29) is 0 Å². The molecule has 0 radical (unpaired) electrons. The summed E-state index contributed by atoms with van der Waals surface area (Å²) in [6.07, 6.45) is 0. The van der Waals surface area contributed by atoms with Crippen molar-refractivity contribution in [2.24, 2.45) is 0 Å². The maximum Gasteiger partial charge on any atom is 0.202 e. The normalized spacial score (nSPS) is 30.2. The first-order valence-electron chi connectivity index (χ1n) is 3.77. The lowest BCUT2D eigenvalue weighted by atomic mass is 9.85. The highest BCUT2D eigenvalue weighted by Gasteiger charge is 2.43. The highest BCUT2D eigenvalue weighted by molar-refractivity contribution is 6.05. The Bertz CT molecular complexity index is 337. The molecule has 13 heavy (non-hydrogen) atoms. The Morgan fingerprint density at radius 2 is 1.62 bits per heavy atom. The zero-order valence-corrected chi connectivity index (χ0v) is 7.54. The van der Waals surface area contributed by atoms with Gasteiger partial charge in [0, 0.05) is 11.1 Å². The fourth-order valence-electron chi connectivity index (χ4n) is 1.16. The quantitative estimate of drug-likeness (QED) is 0.574. The van der Waals surface area contributed by atoms with Crippen LogP contribution >= 0.6 is 0 Å². The van der Waals surface area contributed by atoms with E-state index in [9.17, 15) is 18.0 Å². The molecule has 0 amide bonds. The fraction of sp³-hybridized carbons (Fsp3) is 0.444. The molecule has 0 saturated heterocycles. The van der Waals surface area contributed by atoms with Crippen molar-refractivity contribution in [1.82, 2.24) is 0 Å². The summed E-state index contributed by atoms with van der Waals surface area (Å²) in [5.74, 6) is -3.52. The van der Waals surface area contributed by atoms with Crippen LogP contribution in [-0.2, 0) is 4.79 Å². The SMILES string of the molecule is CC1=C(F)C(F)=C(C)C(C)(F)C1=O. The van der Waals surface area contributed by atoms with Crippen LogP contribution in [0.25, 0.3) is 0 Å². The van der Waals surface area contributed by atoms with Crippen molar-refractivity contribution in [2.75, 3.05) is 0 Å². The Labute approximate surface area is 73.9 Å². The van der Waals surface area contributed by atoms with Gasteiger partial charge >= 0.3 is 0 Å². The van der Waals surface area contributed by atoms with Gasteiger partial charge in [-0.1, -0.05) is 0 Å². The molecule has 1 atom stereocenters. The first-order chi connectivity index (χ1) is 5.80. The molecule has 0 aliphatic heterocycles. The minimum Gasteiger partial charge on any atom is -0.290 e. The van der Waals surface area contributed by atoms with Crippen LogP contribution in [0.2, 0.25) is 0 Å². The molecular formula is C9H9F3O. The Hall–Kier alpha value is -1.06. The number of hydrogen-bond acceptors (Lipinski definition) is 1. The van der Waals surface area contributed by atoms with E-state index in [1.807, 2.05) is 0 Å². The molecule has 0 spiro atoms. The number of carbonyl (C=O) groups is 1. The van der Waals surface area contributed by atoms with E-state index in [4.69, 9.17) is 0 Å². The van der Waals surface area contributed by atoms with Crippen molar-refractivity contribution in [3.05, 3.63) is 22.8 Å². The maximum atomic E-state index is 13.5. The van der Waals surface area contributed by atoms with Crippen molar-refractivity contribution in [3.63, 3.8) is 0 Å². The summed E-state index contributed by atoms with van der Waals surface area (Å²) < 4.78 is 39.3. The lowest BCUT2D eigenvalue weighted by Gasteiger charge is -2.24. The number of hydrogen-bond donors (Lipinski definition) is 0. The maximum absolute atomic E-state index is 13.5. The molecule has 1 rings (SSSR count). The number of ketones is 1. The number of allylic oxidation sites excluding steroid dienone is 4. The van der Waals surface area contributed by atoms with Gasteiger partial charge < -0.3 is 0 Å². The lowest BCUT2D eigenvalue weighted by molar-refractivity contribution is -0.124. The standard InChI is InChI=1S/C9H9F3O/c1-4-6(10)7(11)5(2)9(3,12)8(4)13/h1-3H3. The van der Waals surface area contributed by atoms with E-state index in [1.54, 1.807) is 0 Å². The van der Waals surface area contributed by atoms with E-state index in [0.717, 1.165) is 20.8 Å². The van der Waals surface area contributed by atoms with Crippen molar-refractivity contribution >= 4 is 5.78 Å². The Morgan fingerprint density at radius 1 is 1.15 bits per heavy atom. The molecule has 0 aromatic carbocycles. The van der Waals surface area contributed by atoms with Crippen molar-refractivity contribution in [1.29, 1.82) is 0 Å². The molecule has 4 heteroatoms. The van der Waals surface area contributed by atoms with Crippen LogP contribution in [0.15, 0.2) is 22.8 Å². The van der Waals surface area contributed by atoms with Crippen molar-refractivity contribution < 1.29 is 18.0 Å². The summed E-state index contributed by atoms with van der Waals surface area (Å²) >= 11 is 0. The van der Waals surface area contributed by atoms with Gasteiger partial charge in [0.05, 0.1) is 0 Å². The molecule has 1 nitrogen and oxygen atoms in total. The van der Waals surface area contributed by atoms with Gasteiger partial charge in [-0.15, -0.1) is 0 Å². The lowest BCUT2D eigenvalue weighted by Crippen LogP contribution is -2.35. The first kappa shape index (κ1) is 10.0. The van der Waals surface area contributed by atoms with E-state index in [1.165, 1.54) is 0 Å². The van der Waals surface area contributed by atoms with Gasteiger partial charge in [0.2, 0.25) is 5.78 Å². The predicted octanol–water partition coefficient (Wildman–Crippen LogP) is 2.78. The van der Waals surface area contributed by atoms with Gasteiger partial charge in [-0.25, -0.2) is 13.2 Å². The molecule has 0 aromatic heterocycles. The second-order valence-electron chi connectivity index (χ2n) is 3.21. The molecule has 72 valence electrons. The smallest absolute Gasteiger partial charge is 0.202 e. The highest BCUT2D eigenvalue weighted by Crippen LogP contribution is 2.38. The molecule has 0 heterocycles.